The number of carbonyl (C=O) groups excluding carboxylic acids is 1. The molecule has 0 amide bonds. The summed E-state index contributed by atoms with van der Waals surface area (Å²) in [6.45, 7) is 4.40. The lowest BCUT2D eigenvalue weighted by atomic mass is 9.97. The van der Waals surface area contributed by atoms with Gasteiger partial charge >= 0.3 is 0 Å². The van der Waals surface area contributed by atoms with Crippen molar-refractivity contribution in [2.75, 3.05) is 0 Å². The van der Waals surface area contributed by atoms with Gasteiger partial charge in [0.15, 0.2) is 5.78 Å². The summed E-state index contributed by atoms with van der Waals surface area (Å²) in [6.07, 6.45) is 2.15. The molecule has 0 saturated heterocycles. The summed E-state index contributed by atoms with van der Waals surface area (Å²) in [4.78, 5) is 16.8. The molecule has 1 heterocycles. The van der Waals surface area contributed by atoms with Gasteiger partial charge in [0.05, 0.1) is 5.56 Å². The lowest BCUT2D eigenvalue weighted by Gasteiger charge is -2.12. The van der Waals surface area contributed by atoms with Gasteiger partial charge in [-0.15, -0.1) is 0 Å². The van der Waals surface area contributed by atoms with Crippen molar-refractivity contribution in [3.8, 4) is 17.2 Å². The van der Waals surface area contributed by atoms with Crippen molar-refractivity contribution in [1.29, 1.82) is 0 Å². The van der Waals surface area contributed by atoms with Gasteiger partial charge < -0.3 is 9.15 Å². The number of Topliss-reactive ketones (excluding diaryl/α,β-unsaturated/α-hetero) is 1. The lowest BCUT2D eigenvalue weighted by Crippen LogP contribution is -2.02. The van der Waals surface area contributed by atoms with Crippen LogP contribution in [0.4, 0.5) is 0 Å². The molecule has 1 atom stereocenters. The molecule has 1 aliphatic rings. The van der Waals surface area contributed by atoms with Gasteiger partial charge in [0, 0.05) is 12.0 Å². The van der Waals surface area contributed by atoms with Gasteiger partial charge in [-0.2, -0.15) is 0 Å². The molecule has 0 saturated carbocycles. The van der Waals surface area contributed by atoms with E-state index in [0.29, 0.717) is 23.8 Å². The Morgan fingerprint density at radius 3 is 2.80 bits per heavy atom. The normalized spacial score (nSPS) is 16.1. The van der Waals surface area contributed by atoms with Gasteiger partial charge in [-0.1, -0.05) is 31.2 Å². The van der Waals surface area contributed by atoms with E-state index >= 15 is 0 Å². The van der Waals surface area contributed by atoms with Crippen molar-refractivity contribution < 1.29 is 13.9 Å². The van der Waals surface area contributed by atoms with E-state index in [4.69, 9.17) is 9.15 Å². The second kappa shape index (κ2) is 6.20. The van der Waals surface area contributed by atoms with Gasteiger partial charge in [0.2, 0.25) is 5.89 Å². The molecule has 25 heavy (non-hydrogen) atoms. The molecule has 4 rings (SSSR count). The number of ketones is 1. The average molecular weight is 333 g/mol. The Labute approximate surface area is 146 Å². The second-order valence-electron chi connectivity index (χ2n) is 6.50. The molecular weight excluding hydrogens is 314 g/mol. The predicted octanol–water partition coefficient (Wildman–Crippen LogP) is 4.92. The predicted molar refractivity (Wildman–Crippen MR) is 94.8 cm³/mol. The quantitative estimate of drug-likeness (QED) is 0.680. The van der Waals surface area contributed by atoms with E-state index < -0.39 is 0 Å². The Bertz CT molecular complexity index is 928. The van der Waals surface area contributed by atoms with Crippen LogP contribution < -0.4 is 4.74 Å². The Balaban J connectivity index is 1.55. The number of fused-ring (bicyclic) bond motifs is 1. The number of oxazole rings is 1. The molecule has 0 radical (unpaired) electrons. The van der Waals surface area contributed by atoms with Crippen molar-refractivity contribution in [1.82, 2.24) is 4.98 Å². The fourth-order valence-electron chi connectivity index (χ4n) is 3.47. The number of rotatable bonds is 4. The van der Waals surface area contributed by atoms with Crippen LogP contribution in [0.3, 0.4) is 0 Å². The summed E-state index contributed by atoms with van der Waals surface area (Å²) >= 11 is 0. The third-order valence-corrected chi connectivity index (χ3v) is 4.64. The van der Waals surface area contributed by atoms with Crippen molar-refractivity contribution in [2.45, 2.75) is 32.8 Å². The van der Waals surface area contributed by atoms with E-state index in [0.717, 1.165) is 22.3 Å². The smallest absolute Gasteiger partial charge is 0.226 e. The molecule has 1 aliphatic carbocycles. The largest absolute Gasteiger partial charge is 0.486 e. The Morgan fingerprint density at radius 1 is 1.20 bits per heavy atom. The minimum atomic E-state index is 0.159. The molecule has 126 valence electrons. The number of ether oxygens (including phenoxy) is 1. The molecule has 1 aromatic heterocycles. The number of aromatic nitrogens is 1. The van der Waals surface area contributed by atoms with Crippen molar-refractivity contribution in [2.24, 2.45) is 0 Å². The fraction of sp³-hybridized carbons (Fsp3) is 0.238. The molecule has 1 unspecified atom stereocenters. The summed E-state index contributed by atoms with van der Waals surface area (Å²) in [5.41, 5.74) is 4.63. The molecule has 4 heteroatoms. The maximum Gasteiger partial charge on any atom is 0.226 e. The SMILES string of the molecule is Cc1ccc(OCc2coc(-c3ccccc3)n2)c2c1C(C)CC2=O. The standard InChI is InChI=1S/C21H19NO3/c1-13-8-9-18(20-17(23)10-14(2)19(13)20)24-11-16-12-25-21(22-16)15-6-4-3-5-7-15/h3-9,12,14H,10-11H2,1-2H3. The van der Waals surface area contributed by atoms with Gasteiger partial charge in [0.25, 0.3) is 0 Å². The zero-order valence-electron chi connectivity index (χ0n) is 14.3. The number of aryl methyl sites for hydroxylation is 1. The summed E-state index contributed by atoms with van der Waals surface area (Å²) in [5.74, 6) is 1.62. The van der Waals surface area contributed by atoms with Gasteiger partial charge in [-0.05, 0) is 42.2 Å². The van der Waals surface area contributed by atoms with E-state index in [1.165, 1.54) is 0 Å². The monoisotopic (exact) mass is 333 g/mol. The molecule has 0 N–H and O–H groups in total. The maximum absolute atomic E-state index is 12.3. The molecule has 2 aromatic carbocycles. The molecule has 0 spiro atoms. The van der Waals surface area contributed by atoms with Crippen LogP contribution in [-0.2, 0) is 6.61 Å². The molecule has 0 fully saturated rings. The minimum absolute atomic E-state index is 0.159. The lowest BCUT2D eigenvalue weighted by molar-refractivity contribution is 0.0986. The number of carbonyl (C=O) groups is 1. The van der Waals surface area contributed by atoms with E-state index in [1.807, 2.05) is 49.4 Å². The van der Waals surface area contributed by atoms with Crippen LogP contribution in [0, 0.1) is 6.92 Å². The summed E-state index contributed by atoms with van der Waals surface area (Å²) in [6, 6.07) is 13.6. The van der Waals surface area contributed by atoms with Crippen LogP contribution in [0.15, 0.2) is 53.1 Å². The zero-order chi connectivity index (χ0) is 17.4. The molecular formula is C21H19NO3. The Morgan fingerprint density at radius 2 is 2.00 bits per heavy atom. The Hall–Kier alpha value is -2.88. The first-order valence-corrected chi connectivity index (χ1v) is 8.43. The topological polar surface area (TPSA) is 52.3 Å². The first kappa shape index (κ1) is 15.6. The minimum Gasteiger partial charge on any atom is -0.486 e. The fourth-order valence-corrected chi connectivity index (χ4v) is 3.47. The maximum atomic E-state index is 12.3. The van der Waals surface area contributed by atoms with Crippen LogP contribution in [0.25, 0.3) is 11.5 Å². The number of hydrogen-bond donors (Lipinski definition) is 0. The highest BCUT2D eigenvalue weighted by Crippen LogP contribution is 2.40. The highest BCUT2D eigenvalue weighted by Gasteiger charge is 2.31. The van der Waals surface area contributed by atoms with Crippen LogP contribution in [0.1, 0.15) is 46.4 Å². The third-order valence-electron chi connectivity index (χ3n) is 4.64. The first-order chi connectivity index (χ1) is 12.1. The van der Waals surface area contributed by atoms with Crippen LogP contribution in [0.5, 0.6) is 5.75 Å². The van der Waals surface area contributed by atoms with E-state index in [2.05, 4.69) is 11.9 Å². The van der Waals surface area contributed by atoms with Crippen LogP contribution in [0.2, 0.25) is 0 Å². The van der Waals surface area contributed by atoms with Gasteiger partial charge in [-0.25, -0.2) is 4.98 Å². The second-order valence-corrected chi connectivity index (χ2v) is 6.50. The van der Waals surface area contributed by atoms with E-state index in [1.54, 1.807) is 6.26 Å². The number of hydrogen-bond acceptors (Lipinski definition) is 4. The number of benzene rings is 2. The van der Waals surface area contributed by atoms with Gasteiger partial charge in [0.1, 0.15) is 24.3 Å². The van der Waals surface area contributed by atoms with Gasteiger partial charge in [-0.3, -0.25) is 4.79 Å². The average Bonchev–Trinajstić information content (AvgIpc) is 3.21. The van der Waals surface area contributed by atoms with E-state index in [-0.39, 0.29) is 18.3 Å². The highest BCUT2D eigenvalue weighted by molar-refractivity contribution is 6.04. The first-order valence-electron chi connectivity index (χ1n) is 8.43. The summed E-state index contributed by atoms with van der Waals surface area (Å²) in [7, 11) is 0. The molecule has 4 nitrogen and oxygen atoms in total. The third kappa shape index (κ3) is 2.84. The molecule has 3 aromatic rings. The van der Waals surface area contributed by atoms with E-state index in [9.17, 15) is 4.79 Å². The highest BCUT2D eigenvalue weighted by atomic mass is 16.5. The van der Waals surface area contributed by atoms with Crippen LogP contribution in [-0.4, -0.2) is 10.8 Å². The molecule has 0 bridgehead atoms. The summed E-state index contributed by atoms with van der Waals surface area (Å²) < 4.78 is 11.4. The Kier molecular flexibility index (Phi) is 3.88. The molecule has 0 aliphatic heterocycles. The van der Waals surface area contributed by atoms with Crippen molar-refractivity contribution in [3.05, 3.63) is 71.1 Å². The number of nitrogens with zero attached hydrogens (tertiary/aromatic N) is 1. The van der Waals surface area contributed by atoms with Crippen molar-refractivity contribution >= 4 is 5.78 Å². The summed E-state index contributed by atoms with van der Waals surface area (Å²) in [5, 5.41) is 0. The van der Waals surface area contributed by atoms with Crippen LogP contribution >= 0.6 is 0 Å². The van der Waals surface area contributed by atoms with Crippen molar-refractivity contribution in [3.63, 3.8) is 0 Å². The zero-order valence-corrected chi connectivity index (χ0v) is 14.3.